The van der Waals surface area contributed by atoms with Gasteiger partial charge < -0.3 is 9.05 Å². The number of rotatable bonds is 7. The lowest BCUT2D eigenvalue weighted by Crippen LogP contribution is -2.22. The van der Waals surface area contributed by atoms with Gasteiger partial charge in [-0.05, 0) is 64.0 Å². The van der Waals surface area contributed by atoms with E-state index in [-0.39, 0.29) is 16.2 Å². The Morgan fingerprint density at radius 3 is 2.22 bits per heavy atom. The molecule has 0 radical (unpaired) electrons. The molecular weight excluding hydrogens is 459 g/mol. The summed E-state index contributed by atoms with van der Waals surface area (Å²) in [5.41, 5.74) is 6.90. The first kappa shape index (κ1) is 25.3. The molecule has 0 aromatic heterocycles. The molecule has 2 aliphatic rings. The lowest BCUT2D eigenvalue weighted by atomic mass is 9.76. The van der Waals surface area contributed by atoms with E-state index in [1.165, 1.54) is 41.5 Å². The van der Waals surface area contributed by atoms with Crippen molar-refractivity contribution in [1.82, 2.24) is 0 Å². The van der Waals surface area contributed by atoms with Gasteiger partial charge in [-0.2, -0.15) is 0 Å². The van der Waals surface area contributed by atoms with Gasteiger partial charge in [-0.25, -0.2) is 0 Å². The molecule has 0 fully saturated rings. The average molecular weight is 501 g/mol. The Balaban J connectivity index is 1.61. The van der Waals surface area contributed by atoms with E-state index in [4.69, 9.17) is 9.05 Å². The van der Waals surface area contributed by atoms with Crippen molar-refractivity contribution in [3.8, 4) is 22.6 Å². The van der Waals surface area contributed by atoms with Crippen LogP contribution >= 0.6 is 8.38 Å². The molecule has 190 valence electrons. The average Bonchev–Trinajstić information content (AvgIpc) is 3.01. The van der Waals surface area contributed by atoms with Crippen molar-refractivity contribution >= 4 is 13.7 Å². The number of para-hydroxylation sites is 1. The predicted molar refractivity (Wildman–Crippen MR) is 154 cm³/mol. The molecular formula is C33H41O2P. The van der Waals surface area contributed by atoms with Crippen LogP contribution in [0, 0.1) is 0 Å². The lowest BCUT2D eigenvalue weighted by Gasteiger charge is -2.33. The fourth-order valence-corrected chi connectivity index (χ4v) is 7.98. The zero-order chi connectivity index (χ0) is 25.7. The third kappa shape index (κ3) is 4.47. The number of unbranched alkanes of at least 4 members (excludes halogenated alkanes) is 2. The highest BCUT2D eigenvalue weighted by Gasteiger charge is 2.44. The Morgan fingerprint density at radius 2 is 1.50 bits per heavy atom. The van der Waals surface area contributed by atoms with Crippen LogP contribution in [0.1, 0.15) is 97.3 Å². The van der Waals surface area contributed by atoms with Gasteiger partial charge in [0, 0.05) is 11.1 Å². The lowest BCUT2D eigenvalue weighted by molar-refractivity contribution is 0.402. The third-order valence-corrected chi connectivity index (χ3v) is 9.75. The molecule has 0 N–H and O–H groups in total. The van der Waals surface area contributed by atoms with Gasteiger partial charge in [0.05, 0.1) is 5.30 Å². The number of fused-ring (bicyclic) bond motifs is 4. The Labute approximate surface area is 219 Å². The summed E-state index contributed by atoms with van der Waals surface area (Å²) in [6, 6.07) is 21.8. The molecule has 1 heterocycles. The molecule has 5 rings (SSSR count). The summed E-state index contributed by atoms with van der Waals surface area (Å²) in [5, 5.41) is 1.15. The first-order valence-electron chi connectivity index (χ1n) is 13.6. The van der Waals surface area contributed by atoms with E-state index in [9.17, 15) is 0 Å². The highest BCUT2D eigenvalue weighted by Crippen LogP contribution is 2.55. The van der Waals surface area contributed by atoms with Crippen molar-refractivity contribution in [2.24, 2.45) is 0 Å². The maximum atomic E-state index is 6.99. The molecule has 1 atom stereocenters. The van der Waals surface area contributed by atoms with Gasteiger partial charge in [-0.15, -0.1) is 0 Å². The van der Waals surface area contributed by atoms with Crippen LogP contribution in [0.4, 0.5) is 0 Å². The highest BCUT2D eigenvalue weighted by atomic mass is 31.2. The van der Waals surface area contributed by atoms with Gasteiger partial charge in [0.15, 0.2) is 0 Å². The van der Waals surface area contributed by atoms with Gasteiger partial charge in [0.2, 0.25) is 0 Å². The van der Waals surface area contributed by atoms with Crippen LogP contribution in [0.2, 0.25) is 0 Å². The van der Waals surface area contributed by atoms with Gasteiger partial charge in [0.25, 0.3) is 0 Å². The molecule has 1 unspecified atom stereocenters. The van der Waals surface area contributed by atoms with E-state index in [2.05, 4.69) is 103 Å². The normalized spacial score (nSPS) is 19.1. The maximum absolute atomic E-state index is 6.99. The summed E-state index contributed by atoms with van der Waals surface area (Å²) in [7, 11) is -1.29. The topological polar surface area (TPSA) is 18.5 Å². The largest absolute Gasteiger partial charge is 0.435 e. The van der Waals surface area contributed by atoms with E-state index in [1.807, 2.05) is 6.07 Å². The number of hydrogen-bond donors (Lipinski definition) is 0. The van der Waals surface area contributed by atoms with E-state index < -0.39 is 8.38 Å². The summed E-state index contributed by atoms with van der Waals surface area (Å²) in [6.45, 7) is 16.6. The van der Waals surface area contributed by atoms with Crippen LogP contribution in [0.5, 0.6) is 11.5 Å². The van der Waals surface area contributed by atoms with E-state index in [0.717, 1.165) is 35.2 Å². The maximum Gasteiger partial charge on any atom is 0.326 e. The van der Waals surface area contributed by atoms with Gasteiger partial charge >= 0.3 is 8.38 Å². The van der Waals surface area contributed by atoms with Crippen LogP contribution < -0.4 is 14.4 Å². The molecule has 1 aliphatic carbocycles. The van der Waals surface area contributed by atoms with Crippen molar-refractivity contribution in [3.63, 3.8) is 0 Å². The van der Waals surface area contributed by atoms with E-state index in [1.54, 1.807) is 0 Å². The summed E-state index contributed by atoms with van der Waals surface area (Å²) >= 11 is 0. The van der Waals surface area contributed by atoms with Crippen molar-refractivity contribution in [2.45, 2.75) is 96.8 Å². The van der Waals surface area contributed by atoms with Gasteiger partial charge in [0.1, 0.15) is 11.5 Å². The molecule has 3 aromatic rings. The van der Waals surface area contributed by atoms with Crippen LogP contribution in [0.25, 0.3) is 11.1 Å². The second-order valence-electron chi connectivity index (χ2n) is 12.6. The van der Waals surface area contributed by atoms with Crippen LogP contribution in [-0.4, -0.2) is 0 Å². The minimum absolute atomic E-state index is 0.0187. The molecule has 3 aromatic carbocycles. The van der Waals surface area contributed by atoms with E-state index in [0.29, 0.717) is 0 Å². The second kappa shape index (κ2) is 9.21. The van der Waals surface area contributed by atoms with Crippen molar-refractivity contribution < 1.29 is 9.05 Å². The van der Waals surface area contributed by atoms with Crippen LogP contribution in [0.15, 0.2) is 60.7 Å². The second-order valence-corrected chi connectivity index (χ2v) is 14.0. The summed E-state index contributed by atoms with van der Waals surface area (Å²) in [4.78, 5) is 0. The first-order chi connectivity index (χ1) is 17.0. The molecule has 1 aliphatic heterocycles. The van der Waals surface area contributed by atoms with Crippen LogP contribution in [0.3, 0.4) is 0 Å². The van der Waals surface area contributed by atoms with Gasteiger partial charge in [-0.3, -0.25) is 0 Å². The SMILES string of the molecule is CCCCCC(C)(C)c1cc2c(cc1OP1Oc3ccccc3-c3ccccc31)C(C)(C)CC2(C)C. The first-order valence-corrected chi connectivity index (χ1v) is 14.8. The van der Waals surface area contributed by atoms with Crippen molar-refractivity contribution in [2.75, 3.05) is 0 Å². The number of hydrogen-bond acceptors (Lipinski definition) is 2. The van der Waals surface area contributed by atoms with Crippen LogP contribution in [-0.2, 0) is 16.2 Å². The summed E-state index contributed by atoms with van der Waals surface area (Å²) in [5.74, 6) is 1.91. The fraction of sp³-hybridized carbons (Fsp3) is 0.455. The zero-order valence-electron chi connectivity index (χ0n) is 23.1. The molecule has 0 bridgehead atoms. The Morgan fingerprint density at radius 1 is 0.861 bits per heavy atom. The predicted octanol–water partition coefficient (Wildman–Crippen LogP) is 9.58. The quantitative estimate of drug-likeness (QED) is 0.237. The minimum atomic E-state index is -1.29. The monoisotopic (exact) mass is 500 g/mol. The third-order valence-electron chi connectivity index (χ3n) is 8.24. The molecule has 2 nitrogen and oxygen atoms in total. The summed E-state index contributed by atoms with van der Waals surface area (Å²) < 4.78 is 13.6. The Hall–Kier alpha value is -2.31. The van der Waals surface area contributed by atoms with Crippen molar-refractivity contribution in [1.29, 1.82) is 0 Å². The Kier molecular flexibility index (Phi) is 6.49. The van der Waals surface area contributed by atoms with Crippen molar-refractivity contribution in [3.05, 3.63) is 77.4 Å². The number of benzene rings is 3. The molecule has 0 spiro atoms. The molecule has 0 saturated carbocycles. The summed E-state index contributed by atoms with van der Waals surface area (Å²) in [6.07, 6.45) is 6.04. The standard InChI is InChI=1S/C33H41O2P/c1-8-9-14-19-31(2,3)27-20-25-26(33(6,7)22-32(25,4)5)21-29(27)35-36-30-18-13-11-16-24(30)23-15-10-12-17-28(23)34-36/h10-13,15-18,20-21H,8-9,14,19,22H2,1-7H3. The Bertz CT molecular complexity index is 1270. The van der Waals surface area contributed by atoms with E-state index >= 15 is 0 Å². The molecule has 36 heavy (non-hydrogen) atoms. The highest BCUT2D eigenvalue weighted by molar-refractivity contribution is 7.57. The smallest absolute Gasteiger partial charge is 0.326 e. The molecule has 0 saturated heterocycles. The van der Waals surface area contributed by atoms with Gasteiger partial charge in [-0.1, -0.05) is 110 Å². The molecule has 3 heteroatoms. The zero-order valence-corrected chi connectivity index (χ0v) is 24.0. The fourth-order valence-electron chi connectivity index (χ4n) is 6.48. The minimum Gasteiger partial charge on any atom is -0.435 e. The molecule has 0 amide bonds.